The number of carbonyl (C=O) groups is 2. The number of nitrogens with one attached hydrogen (secondary N) is 2. The van der Waals surface area contributed by atoms with Crippen molar-refractivity contribution in [2.45, 2.75) is 32.7 Å². The van der Waals surface area contributed by atoms with Crippen LogP contribution >= 0.6 is 0 Å². The minimum Gasteiger partial charge on any atom is -0.358 e. The number of rotatable bonds is 4. The molecule has 0 radical (unpaired) electrons. The van der Waals surface area contributed by atoms with Crippen molar-refractivity contribution in [3.05, 3.63) is 11.8 Å². The average molecular weight is 277 g/mol. The first-order chi connectivity index (χ1) is 9.52. The van der Waals surface area contributed by atoms with Gasteiger partial charge in [-0.15, -0.1) is 0 Å². The molecule has 7 heteroatoms. The summed E-state index contributed by atoms with van der Waals surface area (Å²) < 4.78 is 0. The number of amides is 2. The molecule has 1 aliphatic rings. The molecule has 2 amide bonds. The molecule has 2 rings (SSSR count). The van der Waals surface area contributed by atoms with Gasteiger partial charge in [-0.3, -0.25) is 14.5 Å². The van der Waals surface area contributed by atoms with Gasteiger partial charge in [-0.25, -0.2) is 4.98 Å². The van der Waals surface area contributed by atoms with E-state index in [2.05, 4.69) is 20.6 Å². The number of likely N-dealkylation sites (N-methyl/N-ethyl adjacent to an activating group) is 1. The van der Waals surface area contributed by atoms with Crippen LogP contribution in [-0.2, 0) is 9.59 Å². The largest absolute Gasteiger partial charge is 0.358 e. The summed E-state index contributed by atoms with van der Waals surface area (Å²) in [5.41, 5.74) is 0.860. The molecule has 108 valence electrons. The molecule has 1 fully saturated rings. The van der Waals surface area contributed by atoms with Crippen molar-refractivity contribution in [1.29, 1.82) is 0 Å². The van der Waals surface area contributed by atoms with E-state index in [1.54, 1.807) is 6.20 Å². The highest BCUT2D eigenvalue weighted by atomic mass is 16.2. The maximum absolute atomic E-state index is 12.0. The first-order valence-corrected chi connectivity index (χ1v) is 6.67. The average Bonchev–Trinajstić information content (AvgIpc) is 2.43. The molecule has 7 nitrogen and oxygen atoms in total. The summed E-state index contributed by atoms with van der Waals surface area (Å²) in [4.78, 5) is 33.2. The van der Waals surface area contributed by atoms with E-state index in [9.17, 15) is 9.59 Å². The number of piperidine rings is 1. The van der Waals surface area contributed by atoms with E-state index in [1.807, 2.05) is 13.8 Å². The smallest absolute Gasteiger partial charge is 0.251 e. The van der Waals surface area contributed by atoms with Crippen molar-refractivity contribution in [1.82, 2.24) is 14.9 Å². The summed E-state index contributed by atoms with van der Waals surface area (Å²) in [6.07, 6.45) is 2.56. The lowest BCUT2D eigenvalue weighted by Gasteiger charge is -2.28. The van der Waals surface area contributed by atoms with Crippen molar-refractivity contribution in [2.24, 2.45) is 0 Å². The molecular formula is C13H19N5O2. The molecule has 0 spiro atoms. The van der Waals surface area contributed by atoms with Crippen molar-refractivity contribution in [2.75, 3.05) is 24.2 Å². The number of carbonyl (C=O) groups excluding carboxylic acids is 2. The zero-order chi connectivity index (χ0) is 14.7. The Bertz CT molecular complexity index is 531. The third-order valence-electron chi connectivity index (χ3n) is 3.27. The van der Waals surface area contributed by atoms with Gasteiger partial charge in [0.05, 0.1) is 0 Å². The van der Waals surface area contributed by atoms with Crippen LogP contribution in [0.5, 0.6) is 0 Å². The molecule has 0 saturated carbocycles. The van der Waals surface area contributed by atoms with Crippen LogP contribution in [0.4, 0.5) is 11.8 Å². The molecule has 1 atom stereocenters. The monoisotopic (exact) mass is 277 g/mol. The van der Waals surface area contributed by atoms with Crippen molar-refractivity contribution >= 4 is 23.6 Å². The number of nitrogens with zero attached hydrogens (tertiary/aromatic N) is 3. The third kappa shape index (κ3) is 2.87. The van der Waals surface area contributed by atoms with Crippen LogP contribution in [0.15, 0.2) is 6.20 Å². The zero-order valence-corrected chi connectivity index (χ0v) is 11.9. The molecule has 1 unspecified atom stereocenters. The Morgan fingerprint density at radius 3 is 2.90 bits per heavy atom. The fraction of sp³-hybridized carbons (Fsp3) is 0.538. The Balaban J connectivity index is 2.15. The standard InChI is InChI=1S/C13H19N5O2/c1-4-14-13-15-7-8(2)11(17-13)16-9-5-6-10(19)18(3)12(9)20/h7,9H,4-6H2,1-3H3,(H2,14,15,16,17). The second-order valence-corrected chi connectivity index (χ2v) is 4.78. The molecule has 2 N–H and O–H groups in total. The summed E-state index contributed by atoms with van der Waals surface area (Å²) >= 11 is 0. The van der Waals surface area contributed by atoms with Gasteiger partial charge in [-0.1, -0.05) is 0 Å². The maximum atomic E-state index is 12.0. The van der Waals surface area contributed by atoms with Gasteiger partial charge in [0.25, 0.3) is 5.91 Å². The normalized spacial score (nSPS) is 19.1. The molecule has 1 aliphatic heterocycles. The van der Waals surface area contributed by atoms with E-state index in [-0.39, 0.29) is 11.8 Å². The maximum Gasteiger partial charge on any atom is 0.251 e. The van der Waals surface area contributed by atoms with Crippen molar-refractivity contribution < 1.29 is 9.59 Å². The predicted octanol–water partition coefficient (Wildman–Crippen LogP) is 0.776. The van der Waals surface area contributed by atoms with Gasteiger partial charge in [0.2, 0.25) is 11.9 Å². The van der Waals surface area contributed by atoms with Gasteiger partial charge in [-0.05, 0) is 20.3 Å². The van der Waals surface area contributed by atoms with Gasteiger partial charge in [0, 0.05) is 31.8 Å². The quantitative estimate of drug-likeness (QED) is 0.791. The van der Waals surface area contributed by atoms with Gasteiger partial charge in [0.15, 0.2) is 0 Å². The first kappa shape index (κ1) is 14.2. The minimum absolute atomic E-state index is 0.138. The molecule has 1 aromatic rings. The highest BCUT2D eigenvalue weighted by Gasteiger charge is 2.32. The minimum atomic E-state index is -0.416. The first-order valence-electron chi connectivity index (χ1n) is 6.67. The summed E-state index contributed by atoms with van der Waals surface area (Å²) in [6.45, 7) is 4.56. The number of hydrogen-bond donors (Lipinski definition) is 2. The van der Waals surface area contributed by atoms with E-state index in [4.69, 9.17) is 0 Å². The van der Waals surface area contributed by atoms with E-state index in [1.165, 1.54) is 11.9 Å². The molecular weight excluding hydrogens is 258 g/mol. The van der Waals surface area contributed by atoms with Crippen LogP contribution in [0.1, 0.15) is 25.3 Å². The molecule has 0 aliphatic carbocycles. The highest BCUT2D eigenvalue weighted by Crippen LogP contribution is 2.19. The zero-order valence-electron chi connectivity index (χ0n) is 11.9. The highest BCUT2D eigenvalue weighted by molar-refractivity contribution is 6.01. The van der Waals surface area contributed by atoms with Gasteiger partial charge in [0.1, 0.15) is 11.9 Å². The Morgan fingerprint density at radius 1 is 1.45 bits per heavy atom. The summed E-state index contributed by atoms with van der Waals surface area (Å²) in [7, 11) is 1.51. The van der Waals surface area contributed by atoms with Crippen LogP contribution in [0.3, 0.4) is 0 Å². The SMILES string of the molecule is CCNc1ncc(C)c(NC2CCC(=O)N(C)C2=O)n1. The number of imide groups is 1. The van der Waals surface area contributed by atoms with E-state index in [0.717, 1.165) is 12.1 Å². The molecule has 1 aromatic heterocycles. The van der Waals surface area contributed by atoms with Crippen LogP contribution < -0.4 is 10.6 Å². The Hall–Kier alpha value is -2.18. The third-order valence-corrected chi connectivity index (χ3v) is 3.27. The summed E-state index contributed by atoms with van der Waals surface area (Å²) in [5.74, 6) is 0.787. The Kier molecular flexibility index (Phi) is 4.16. The fourth-order valence-electron chi connectivity index (χ4n) is 2.05. The van der Waals surface area contributed by atoms with Crippen LogP contribution in [0.2, 0.25) is 0 Å². The molecule has 20 heavy (non-hydrogen) atoms. The summed E-state index contributed by atoms with van der Waals surface area (Å²) in [6, 6.07) is -0.416. The Morgan fingerprint density at radius 2 is 2.20 bits per heavy atom. The van der Waals surface area contributed by atoms with E-state index in [0.29, 0.717) is 24.6 Å². The van der Waals surface area contributed by atoms with Crippen molar-refractivity contribution in [3.8, 4) is 0 Å². The van der Waals surface area contributed by atoms with Gasteiger partial charge < -0.3 is 10.6 Å². The second-order valence-electron chi connectivity index (χ2n) is 4.78. The van der Waals surface area contributed by atoms with Crippen LogP contribution in [0.25, 0.3) is 0 Å². The number of anilines is 2. The number of aromatic nitrogens is 2. The van der Waals surface area contributed by atoms with Gasteiger partial charge in [-0.2, -0.15) is 4.98 Å². The molecule has 0 aromatic carbocycles. The Labute approximate surface area is 117 Å². The topological polar surface area (TPSA) is 87.2 Å². The lowest BCUT2D eigenvalue weighted by molar-refractivity contribution is -0.146. The second kappa shape index (κ2) is 5.85. The lowest BCUT2D eigenvalue weighted by Crippen LogP contribution is -2.48. The van der Waals surface area contributed by atoms with Crippen molar-refractivity contribution in [3.63, 3.8) is 0 Å². The van der Waals surface area contributed by atoms with E-state index < -0.39 is 6.04 Å². The summed E-state index contributed by atoms with van der Waals surface area (Å²) in [5, 5.41) is 6.14. The fourth-order valence-corrected chi connectivity index (χ4v) is 2.05. The van der Waals surface area contributed by atoms with Crippen LogP contribution in [-0.4, -0.2) is 46.3 Å². The molecule has 1 saturated heterocycles. The molecule has 0 bridgehead atoms. The van der Waals surface area contributed by atoms with Gasteiger partial charge >= 0.3 is 0 Å². The predicted molar refractivity (Wildman–Crippen MR) is 75.4 cm³/mol. The van der Waals surface area contributed by atoms with Crippen LogP contribution in [0, 0.1) is 6.92 Å². The lowest BCUT2D eigenvalue weighted by atomic mass is 10.0. The van der Waals surface area contributed by atoms with E-state index >= 15 is 0 Å². The molecule has 2 heterocycles. The number of likely N-dealkylation sites (tertiary alicyclic amines) is 1. The number of hydrogen-bond acceptors (Lipinski definition) is 6. The number of aryl methyl sites for hydroxylation is 1.